The van der Waals surface area contributed by atoms with Crippen molar-refractivity contribution in [2.75, 3.05) is 19.6 Å². The van der Waals surface area contributed by atoms with Crippen molar-refractivity contribution in [1.82, 2.24) is 15.5 Å². The highest BCUT2D eigenvalue weighted by Gasteiger charge is 2.38. The average Bonchev–Trinajstić information content (AvgIpc) is 2.93. The molecule has 1 fully saturated rings. The van der Waals surface area contributed by atoms with Crippen LogP contribution in [0.25, 0.3) is 0 Å². The number of carbonyl (C=O) groups is 2. The predicted molar refractivity (Wildman–Crippen MR) is 155 cm³/mol. The van der Waals surface area contributed by atoms with Gasteiger partial charge in [-0.25, -0.2) is 0 Å². The number of halogens is 2. The largest absolute Gasteiger partial charge is 0.351 e. The number of amides is 2. The van der Waals surface area contributed by atoms with Crippen molar-refractivity contribution in [3.63, 3.8) is 0 Å². The molecule has 1 saturated heterocycles. The molecule has 3 aromatic carbocycles. The summed E-state index contributed by atoms with van der Waals surface area (Å²) >= 11 is 12.6. The lowest BCUT2D eigenvalue weighted by molar-refractivity contribution is -0.121. The summed E-state index contributed by atoms with van der Waals surface area (Å²) in [4.78, 5) is 27.4. The van der Waals surface area contributed by atoms with Gasteiger partial charge < -0.3 is 15.5 Å². The molecule has 5 nitrogen and oxygen atoms in total. The number of benzene rings is 3. The van der Waals surface area contributed by atoms with E-state index in [1.807, 2.05) is 66.7 Å². The van der Waals surface area contributed by atoms with E-state index in [0.717, 1.165) is 43.5 Å². The summed E-state index contributed by atoms with van der Waals surface area (Å²) in [5.74, 6) is -0.0444. The second-order valence-electron chi connectivity index (χ2n) is 10.2. The van der Waals surface area contributed by atoms with Gasteiger partial charge in [-0.05, 0) is 61.6 Å². The molecular formula is C31H35Cl2N3O2. The van der Waals surface area contributed by atoms with Gasteiger partial charge in [0.2, 0.25) is 5.91 Å². The van der Waals surface area contributed by atoms with Gasteiger partial charge in [-0.1, -0.05) is 77.8 Å². The Morgan fingerprint density at radius 3 is 2.16 bits per heavy atom. The molecule has 2 atom stereocenters. The van der Waals surface area contributed by atoms with Crippen LogP contribution in [0.2, 0.25) is 10.0 Å². The predicted octanol–water partition coefficient (Wildman–Crippen LogP) is 6.41. The summed E-state index contributed by atoms with van der Waals surface area (Å²) in [7, 11) is 0. The Balaban J connectivity index is 1.46. The molecule has 2 unspecified atom stereocenters. The molecule has 1 aliphatic heterocycles. The van der Waals surface area contributed by atoms with Gasteiger partial charge in [0.15, 0.2) is 0 Å². The molecule has 0 aromatic heterocycles. The molecule has 0 saturated carbocycles. The Morgan fingerprint density at radius 2 is 1.55 bits per heavy atom. The summed E-state index contributed by atoms with van der Waals surface area (Å²) in [5, 5.41) is 7.40. The van der Waals surface area contributed by atoms with Crippen LogP contribution in [0.1, 0.15) is 60.5 Å². The molecule has 2 N–H and O–H groups in total. The van der Waals surface area contributed by atoms with E-state index in [1.165, 1.54) is 0 Å². The number of piperidine rings is 1. The molecule has 7 heteroatoms. The zero-order valence-electron chi connectivity index (χ0n) is 21.9. The van der Waals surface area contributed by atoms with E-state index in [2.05, 4.69) is 34.6 Å². The molecule has 0 aliphatic carbocycles. The third kappa shape index (κ3) is 6.96. The van der Waals surface area contributed by atoms with Gasteiger partial charge in [0.05, 0.1) is 15.6 Å². The van der Waals surface area contributed by atoms with Crippen molar-refractivity contribution < 1.29 is 9.59 Å². The number of hydrogen-bond donors (Lipinski definition) is 2. The second kappa shape index (κ2) is 12.8. The van der Waals surface area contributed by atoms with Crippen molar-refractivity contribution in [2.24, 2.45) is 0 Å². The van der Waals surface area contributed by atoms with Crippen LogP contribution in [0, 0.1) is 0 Å². The van der Waals surface area contributed by atoms with Gasteiger partial charge in [0.25, 0.3) is 5.91 Å². The Kier molecular flexibility index (Phi) is 9.48. The molecule has 38 heavy (non-hydrogen) atoms. The molecule has 0 spiro atoms. The fraction of sp³-hybridized carbons (Fsp3) is 0.355. The fourth-order valence-electron chi connectivity index (χ4n) is 5.50. The molecule has 0 bridgehead atoms. The monoisotopic (exact) mass is 551 g/mol. The van der Waals surface area contributed by atoms with Crippen LogP contribution in [0.15, 0.2) is 78.9 Å². The highest BCUT2D eigenvalue weighted by molar-refractivity contribution is 6.42. The van der Waals surface area contributed by atoms with E-state index in [9.17, 15) is 9.59 Å². The first-order valence-electron chi connectivity index (χ1n) is 13.1. The summed E-state index contributed by atoms with van der Waals surface area (Å²) in [6, 6.07) is 25.5. The average molecular weight is 553 g/mol. The SMILES string of the molecule is CC(=O)NC1(c2ccccc2)CCN(C(C)CC(CNC(=O)c2ccccc2)c2ccc(Cl)c(Cl)c2)CC1. The zero-order valence-corrected chi connectivity index (χ0v) is 23.4. The number of likely N-dealkylation sites (tertiary alicyclic amines) is 1. The number of nitrogens with one attached hydrogen (secondary N) is 2. The molecule has 4 rings (SSSR count). The maximum absolute atomic E-state index is 12.8. The molecule has 1 aliphatic rings. The van der Waals surface area contributed by atoms with Crippen molar-refractivity contribution in [1.29, 1.82) is 0 Å². The lowest BCUT2D eigenvalue weighted by Crippen LogP contribution is -2.54. The van der Waals surface area contributed by atoms with Crippen LogP contribution < -0.4 is 10.6 Å². The lowest BCUT2D eigenvalue weighted by Gasteiger charge is -2.45. The van der Waals surface area contributed by atoms with Gasteiger partial charge in [0.1, 0.15) is 0 Å². The summed E-state index contributed by atoms with van der Waals surface area (Å²) in [5.41, 5.74) is 2.49. The van der Waals surface area contributed by atoms with Crippen molar-refractivity contribution >= 4 is 35.0 Å². The molecule has 1 heterocycles. The number of rotatable bonds is 9. The van der Waals surface area contributed by atoms with E-state index in [4.69, 9.17) is 23.2 Å². The van der Waals surface area contributed by atoms with Crippen molar-refractivity contribution in [3.05, 3.63) is 106 Å². The molecule has 200 valence electrons. The molecule has 0 radical (unpaired) electrons. The fourth-order valence-corrected chi connectivity index (χ4v) is 5.80. The Hall–Kier alpha value is -2.86. The third-order valence-corrected chi connectivity index (χ3v) is 8.34. The van der Waals surface area contributed by atoms with Crippen molar-refractivity contribution in [3.8, 4) is 0 Å². The quantitative estimate of drug-likeness (QED) is 0.323. The van der Waals surface area contributed by atoms with Crippen LogP contribution >= 0.6 is 23.2 Å². The van der Waals surface area contributed by atoms with E-state index in [-0.39, 0.29) is 29.3 Å². The minimum Gasteiger partial charge on any atom is -0.351 e. The number of carbonyl (C=O) groups excluding carboxylic acids is 2. The Labute approximate surface area is 235 Å². The maximum Gasteiger partial charge on any atom is 0.251 e. The summed E-state index contributed by atoms with van der Waals surface area (Å²) in [6.07, 6.45) is 2.51. The van der Waals surface area contributed by atoms with E-state index < -0.39 is 0 Å². The summed E-state index contributed by atoms with van der Waals surface area (Å²) < 4.78 is 0. The minimum absolute atomic E-state index is 0.0100. The van der Waals surface area contributed by atoms with Crippen LogP contribution in [-0.2, 0) is 10.3 Å². The molecule has 2 amide bonds. The highest BCUT2D eigenvalue weighted by Crippen LogP contribution is 2.35. The normalized spacial score (nSPS) is 16.8. The second-order valence-corrected chi connectivity index (χ2v) is 11.0. The number of nitrogens with zero attached hydrogens (tertiary/aromatic N) is 1. The Morgan fingerprint density at radius 1 is 0.921 bits per heavy atom. The van der Waals surface area contributed by atoms with E-state index in [0.29, 0.717) is 22.2 Å². The van der Waals surface area contributed by atoms with Gasteiger partial charge in [-0.3, -0.25) is 9.59 Å². The smallest absolute Gasteiger partial charge is 0.251 e. The van der Waals surface area contributed by atoms with Gasteiger partial charge in [0, 0.05) is 44.1 Å². The standard InChI is InChI=1S/C31H35Cl2N3O2/c1-22(36-17-15-31(16-18-36,35-23(2)37)27-11-7-4-8-12-27)19-26(25-13-14-28(32)29(33)20-25)21-34-30(38)24-9-5-3-6-10-24/h3-14,20,22,26H,15-19,21H2,1-2H3,(H,34,38)(H,35,37). The minimum atomic E-state index is -0.351. The molecule has 3 aromatic rings. The van der Waals surface area contributed by atoms with Crippen molar-refractivity contribution in [2.45, 2.75) is 50.6 Å². The molecular weight excluding hydrogens is 517 g/mol. The van der Waals surface area contributed by atoms with Gasteiger partial charge in [-0.2, -0.15) is 0 Å². The Bertz CT molecular complexity index is 1230. The third-order valence-electron chi connectivity index (χ3n) is 7.60. The summed E-state index contributed by atoms with van der Waals surface area (Å²) in [6.45, 7) is 6.04. The van der Waals surface area contributed by atoms with Crippen LogP contribution in [0.5, 0.6) is 0 Å². The zero-order chi connectivity index (χ0) is 27.1. The topological polar surface area (TPSA) is 61.4 Å². The first kappa shape index (κ1) is 28.2. The highest BCUT2D eigenvalue weighted by atomic mass is 35.5. The van der Waals surface area contributed by atoms with Gasteiger partial charge >= 0.3 is 0 Å². The number of hydrogen-bond acceptors (Lipinski definition) is 3. The van der Waals surface area contributed by atoms with E-state index in [1.54, 1.807) is 6.92 Å². The first-order chi connectivity index (χ1) is 18.3. The first-order valence-corrected chi connectivity index (χ1v) is 13.9. The lowest BCUT2D eigenvalue weighted by atomic mass is 9.80. The van der Waals surface area contributed by atoms with Crippen LogP contribution in [0.4, 0.5) is 0 Å². The van der Waals surface area contributed by atoms with Gasteiger partial charge in [-0.15, -0.1) is 0 Å². The van der Waals surface area contributed by atoms with Crippen LogP contribution in [-0.4, -0.2) is 42.4 Å². The maximum atomic E-state index is 12.8. The van der Waals surface area contributed by atoms with E-state index >= 15 is 0 Å². The van der Waals surface area contributed by atoms with Crippen LogP contribution in [0.3, 0.4) is 0 Å².